The van der Waals surface area contributed by atoms with Crippen LogP contribution < -0.4 is 9.47 Å². The van der Waals surface area contributed by atoms with Crippen LogP contribution in [0.4, 0.5) is 0 Å². The van der Waals surface area contributed by atoms with Crippen LogP contribution in [0.2, 0.25) is 0 Å². The fourth-order valence-electron chi connectivity index (χ4n) is 2.92. The molecule has 20 heavy (non-hydrogen) atoms. The van der Waals surface area contributed by atoms with Gasteiger partial charge in [0.25, 0.3) is 0 Å². The highest BCUT2D eigenvalue weighted by atomic mass is 16.7. The average molecular weight is 279 g/mol. The third-order valence-corrected chi connectivity index (χ3v) is 3.98. The molecule has 0 saturated carbocycles. The van der Waals surface area contributed by atoms with Gasteiger partial charge in [-0.25, -0.2) is 0 Å². The summed E-state index contributed by atoms with van der Waals surface area (Å²) in [6.45, 7) is 3.74. The van der Waals surface area contributed by atoms with Crippen molar-refractivity contribution in [3.8, 4) is 11.5 Å². The Balaban J connectivity index is 1.58. The number of rotatable bonds is 5. The predicted octanol–water partition coefficient (Wildman–Crippen LogP) is 1.42. The third kappa shape index (κ3) is 2.90. The molecule has 2 atom stereocenters. The van der Waals surface area contributed by atoms with Crippen LogP contribution in [-0.2, 0) is 4.74 Å². The van der Waals surface area contributed by atoms with E-state index in [1.54, 1.807) is 7.11 Å². The number of hydrogen-bond acceptors (Lipinski definition) is 5. The van der Waals surface area contributed by atoms with Gasteiger partial charge in [-0.1, -0.05) is 6.07 Å². The molecule has 1 saturated heterocycles. The van der Waals surface area contributed by atoms with Crippen LogP contribution >= 0.6 is 0 Å². The first kappa shape index (κ1) is 13.7. The highest BCUT2D eigenvalue weighted by molar-refractivity contribution is 5.45. The Morgan fingerprint density at radius 1 is 1.40 bits per heavy atom. The molecule has 0 amide bonds. The molecule has 2 aliphatic heterocycles. The lowest BCUT2D eigenvalue weighted by molar-refractivity contribution is 0.115. The van der Waals surface area contributed by atoms with Crippen molar-refractivity contribution in [2.24, 2.45) is 5.92 Å². The van der Waals surface area contributed by atoms with Crippen LogP contribution in [0.1, 0.15) is 18.1 Å². The predicted molar refractivity (Wildman–Crippen MR) is 73.9 cm³/mol. The second-order valence-electron chi connectivity index (χ2n) is 5.50. The van der Waals surface area contributed by atoms with Gasteiger partial charge in [0.2, 0.25) is 6.79 Å². The van der Waals surface area contributed by atoms with E-state index >= 15 is 0 Å². The number of hydrogen-bond donors (Lipinski definition) is 1. The summed E-state index contributed by atoms with van der Waals surface area (Å²) in [6.07, 6.45) is 0.646. The number of nitrogens with zero attached hydrogens (tertiary/aromatic N) is 1. The first-order valence-electron chi connectivity index (χ1n) is 7.05. The Kier molecular flexibility index (Phi) is 4.10. The minimum absolute atomic E-state index is 0.264. The van der Waals surface area contributed by atoms with Crippen LogP contribution in [0.3, 0.4) is 0 Å². The van der Waals surface area contributed by atoms with Gasteiger partial charge < -0.3 is 24.2 Å². The van der Waals surface area contributed by atoms with Crippen LogP contribution in [0.15, 0.2) is 18.2 Å². The molecule has 1 fully saturated rings. The number of aliphatic hydroxyl groups is 1. The first-order chi connectivity index (χ1) is 9.76. The van der Waals surface area contributed by atoms with Gasteiger partial charge in [-0.15, -0.1) is 0 Å². The van der Waals surface area contributed by atoms with Gasteiger partial charge in [-0.05, 0) is 36.6 Å². The number of β-amino-alcohol motifs (C(OH)–C–C–N with tert-alkyl or cyclic N) is 1. The van der Waals surface area contributed by atoms with Gasteiger partial charge in [-0.3, -0.25) is 0 Å². The molecule has 1 aromatic rings. The molecule has 0 aromatic heterocycles. The van der Waals surface area contributed by atoms with Crippen molar-refractivity contribution in [3.63, 3.8) is 0 Å². The maximum atomic E-state index is 10.4. The summed E-state index contributed by atoms with van der Waals surface area (Å²) < 4.78 is 15.8. The van der Waals surface area contributed by atoms with Crippen LogP contribution in [0.5, 0.6) is 11.5 Å². The summed E-state index contributed by atoms with van der Waals surface area (Å²) in [5, 5.41) is 10.4. The van der Waals surface area contributed by atoms with Crippen LogP contribution in [0.25, 0.3) is 0 Å². The second kappa shape index (κ2) is 5.99. The van der Waals surface area contributed by atoms with Gasteiger partial charge in [-0.2, -0.15) is 0 Å². The summed E-state index contributed by atoms with van der Waals surface area (Å²) >= 11 is 0. The standard InChI is InChI=1S/C15H21NO4/c1-18-9-11-4-5-16(7-11)8-13(17)12-2-3-14-15(6-12)20-10-19-14/h2-3,6,11,13,17H,4-5,7-10H2,1H3. The number of likely N-dealkylation sites (tertiary alicyclic amines) is 1. The topological polar surface area (TPSA) is 51.2 Å². The highest BCUT2D eigenvalue weighted by Crippen LogP contribution is 2.34. The minimum Gasteiger partial charge on any atom is -0.454 e. The van der Waals surface area contributed by atoms with E-state index in [9.17, 15) is 5.11 Å². The van der Waals surface area contributed by atoms with Crippen molar-refractivity contribution in [1.82, 2.24) is 4.90 Å². The SMILES string of the molecule is COCC1CCN(CC(O)c2ccc3c(c2)OCO3)C1. The third-order valence-electron chi connectivity index (χ3n) is 3.98. The van der Waals surface area contributed by atoms with Gasteiger partial charge in [0.05, 0.1) is 12.7 Å². The van der Waals surface area contributed by atoms with Gasteiger partial charge in [0.15, 0.2) is 11.5 Å². The maximum Gasteiger partial charge on any atom is 0.231 e. The molecule has 110 valence electrons. The van der Waals surface area contributed by atoms with Crippen molar-refractivity contribution in [1.29, 1.82) is 0 Å². The van der Waals surface area contributed by atoms with Gasteiger partial charge in [0, 0.05) is 20.2 Å². The fourth-order valence-corrected chi connectivity index (χ4v) is 2.92. The lowest BCUT2D eigenvalue weighted by atomic mass is 10.1. The van der Waals surface area contributed by atoms with Crippen molar-refractivity contribution in [2.75, 3.05) is 40.1 Å². The molecule has 2 heterocycles. The summed E-state index contributed by atoms with van der Waals surface area (Å²) in [7, 11) is 1.74. The largest absolute Gasteiger partial charge is 0.454 e. The molecule has 5 heteroatoms. The summed E-state index contributed by atoms with van der Waals surface area (Å²) in [5.41, 5.74) is 0.879. The molecule has 5 nitrogen and oxygen atoms in total. The molecule has 2 unspecified atom stereocenters. The molecular weight excluding hydrogens is 258 g/mol. The van der Waals surface area contributed by atoms with E-state index in [0.717, 1.165) is 43.2 Å². The first-order valence-corrected chi connectivity index (χ1v) is 7.05. The fraction of sp³-hybridized carbons (Fsp3) is 0.600. The number of benzene rings is 1. The summed E-state index contributed by atoms with van der Waals surface area (Å²) in [5.74, 6) is 2.06. The van der Waals surface area contributed by atoms with Gasteiger partial charge in [0.1, 0.15) is 0 Å². The molecule has 0 aliphatic carbocycles. The molecule has 0 bridgehead atoms. The van der Waals surface area contributed by atoms with E-state index in [0.29, 0.717) is 12.5 Å². The van der Waals surface area contributed by atoms with E-state index in [1.165, 1.54) is 0 Å². The van der Waals surface area contributed by atoms with Gasteiger partial charge >= 0.3 is 0 Å². The zero-order valence-electron chi connectivity index (χ0n) is 11.7. The van der Waals surface area contributed by atoms with E-state index in [-0.39, 0.29) is 6.79 Å². The highest BCUT2D eigenvalue weighted by Gasteiger charge is 2.25. The average Bonchev–Trinajstić information content (AvgIpc) is 3.07. The molecule has 1 aromatic carbocycles. The van der Waals surface area contributed by atoms with Crippen molar-refractivity contribution in [2.45, 2.75) is 12.5 Å². The molecular formula is C15H21NO4. The zero-order chi connectivity index (χ0) is 13.9. The maximum absolute atomic E-state index is 10.4. The quantitative estimate of drug-likeness (QED) is 0.883. The zero-order valence-corrected chi connectivity index (χ0v) is 11.7. The van der Waals surface area contributed by atoms with Crippen LogP contribution in [0, 0.1) is 5.92 Å². The van der Waals surface area contributed by atoms with E-state index in [1.807, 2.05) is 18.2 Å². The number of methoxy groups -OCH3 is 1. The second-order valence-corrected chi connectivity index (χ2v) is 5.50. The van der Waals surface area contributed by atoms with Crippen molar-refractivity contribution >= 4 is 0 Å². The number of ether oxygens (including phenoxy) is 3. The Bertz CT molecular complexity index is 465. The van der Waals surface area contributed by atoms with E-state index in [4.69, 9.17) is 14.2 Å². The summed E-state index contributed by atoms with van der Waals surface area (Å²) in [4.78, 5) is 2.29. The van der Waals surface area contributed by atoms with Crippen molar-refractivity contribution in [3.05, 3.63) is 23.8 Å². The Morgan fingerprint density at radius 3 is 3.10 bits per heavy atom. The minimum atomic E-state index is -0.495. The molecule has 3 rings (SSSR count). The lowest BCUT2D eigenvalue weighted by Crippen LogP contribution is -2.27. The van der Waals surface area contributed by atoms with E-state index < -0.39 is 6.10 Å². The molecule has 0 radical (unpaired) electrons. The molecule has 1 N–H and O–H groups in total. The monoisotopic (exact) mass is 279 g/mol. The van der Waals surface area contributed by atoms with Crippen molar-refractivity contribution < 1.29 is 19.3 Å². The smallest absolute Gasteiger partial charge is 0.231 e. The Morgan fingerprint density at radius 2 is 2.25 bits per heavy atom. The number of aliphatic hydroxyl groups excluding tert-OH is 1. The lowest BCUT2D eigenvalue weighted by Gasteiger charge is -2.20. The van der Waals surface area contributed by atoms with Crippen LogP contribution in [-0.4, -0.2) is 50.2 Å². The Hall–Kier alpha value is -1.30. The number of fused-ring (bicyclic) bond motifs is 1. The molecule has 2 aliphatic rings. The Labute approximate surface area is 119 Å². The molecule has 0 spiro atoms. The summed E-state index contributed by atoms with van der Waals surface area (Å²) in [6, 6.07) is 5.63. The normalized spacial score (nSPS) is 23.2. The van der Waals surface area contributed by atoms with E-state index in [2.05, 4.69) is 4.90 Å².